The molecular weight excluding hydrogens is 437 g/mol. The van der Waals surface area contributed by atoms with E-state index in [0.717, 1.165) is 0 Å². The van der Waals surface area contributed by atoms with Gasteiger partial charge in [-0.2, -0.15) is 0 Å². The summed E-state index contributed by atoms with van der Waals surface area (Å²) in [6.07, 6.45) is 0. The fourth-order valence-corrected chi connectivity index (χ4v) is 5.73. The second-order valence-electron chi connectivity index (χ2n) is 8.70. The highest BCUT2D eigenvalue weighted by Crippen LogP contribution is 2.55. The van der Waals surface area contributed by atoms with Crippen LogP contribution in [0, 0.1) is 17.8 Å². The summed E-state index contributed by atoms with van der Waals surface area (Å²) in [7, 11) is 0. The minimum absolute atomic E-state index is 0.0277. The number of carbonyl (C=O) groups excluding carboxylic acids is 3. The van der Waals surface area contributed by atoms with Gasteiger partial charge in [0.15, 0.2) is 0 Å². The molecule has 6 nitrogen and oxygen atoms in total. The third kappa shape index (κ3) is 2.71. The van der Waals surface area contributed by atoms with Crippen LogP contribution in [0.1, 0.15) is 25.0 Å². The highest BCUT2D eigenvalue weighted by atomic mass is 35.5. The first kappa shape index (κ1) is 20.5. The van der Waals surface area contributed by atoms with Crippen LogP contribution in [-0.2, 0) is 26.5 Å². The number of hydrogen-bond acceptors (Lipinski definition) is 4. The van der Waals surface area contributed by atoms with Crippen LogP contribution in [-0.4, -0.2) is 28.7 Å². The Balaban J connectivity index is 1.63. The Morgan fingerprint density at radius 3 is 2.42 bits per heavy atom. The van der Waals surface area contributed by atoms with Crippen molar-refractivity contribution in [3.05, 3.63) is 63.6 Å². The van der Waals surface area contributed by atoms with Crippen LogP contribution in [0.25, 0.3) is 0 Å². The molecule has 160 valence electrons. The molecule has 0 radical (unpaired) electrons. The van der Waals surface area contributed by atoms with E-state index in [1.54, 1.807) is 36.4 Å². The Hall–Kier alpha value is -2.41. The topological polar surface area (TPSA) is 78.5 Å². The lowest BCUT2D eigenvalue weighted by atomic mass is 9.76. The number of likely N-dealkylation sites (tertiary alicyclic amines) is 1. The van der Waals surface area contributed by atoms with E-state index < -0.39 is 17.4 Å². The van der Waals surface area contributed by atoms with E-state index in [1.807, 2.05) is 19.9 Å². The zero-order valence-electron chi connectivity index (χ0n) is 17.0. The summed E-state index contributed by atoms with van der Waals surface area (Å²) in [6.45, 7) is 4.04. The van der Waals surface area contributed by atoms with Gasteiger partial charge in [0.05, 0.1) is 29.1 Å². The number of nitrogens with one attached hydrogen (secondary N) is 2. The van der Waals surface area contributed by atoms with Gasteiger partial charge in [-0.3, -0.25) is 24.6 Å². The van der Waals surface area contributed by atoms with Crippen molar-refractivity contribution >= 4 is 46.6 Å². The highest BCUT2D eigenvalue weighted by Gasteiger charge is 2.70. The molecular formula is C23H21Cl2N3O3. The van der Waals surface area contributed by atoms with Gasteiger partial charge >= 0.3 is 0 Å². The Morgan fingerprint density at radius 2 is 1.71 bits per heavy atom. The average molecular weight is 458 g/mol. The number of halogens is 2. The predicted octanol–water partition coefficient (Wildman–Crippen LogP) is 3.57. The van der Waals surface area contributed by atoms with E-state index in [9.17, 15) is 14.4 Å². The summed E-state index contributed by atoms with van der Waals surface area (Å²) in [5.41, 5.74) is 0.466. The van der Waals surface area contributed by atoms with E-state index in [-0.39, 0.29) is 36.2 Å². The number of hydrogen-bond donors (Lipinski definition) is 2. The second kappa shape index (κ2) is 7.05. The number of carbonyl (C=O) groups is 3. The minimum Gasteiger partial charge on any atom is -0.323 e. The van der Waals surface area contributed by atoms with Gasteiger partial charge in [0.2, 0.25) is 17.7 Å². The maximum atomic E-state index is 13.7. The first-order chi connectivity index (χ1) is 14.8. The van der Waals surface area contributed by atoms with E-state index in [1.165, 1.54) is 4.90 Å². The van der Waals surface area contributed by atoms with Crippen molar-refractivity contribution in [1.82, 2.24) is 10.2 Å². The fourth-order valence-electron chi connectivity index (χ4n) is 5.31. The van der Waals surface area contributed by atoms with Gasteiger partial charge in [0.1, 0.15) is 5.54 Å². The zero-order chi connectivity index (χ0) is 22.1. The molecule has 0 aliphatic carbocycles. The zero-order valence-corrected chi connectivity index (χ0v) is 18.5. The van der Waals surface area contributed by atoms with Gasteiger partial charge in [-0.25, -0.2) is 0 Å². The fraction of sp³-hybridized carbons (Fsp3) is 0.348. The SMILES string of the molecule is CC(C)C1NC2(C(=O)Nc3c(Cl)cccc32)[C@H]2C(=O)N(Cc3ccccc3Cl)C(=O)[C@@H]12. The van der Waals surface area contributed by atoms with Crippen molar-refractivity contribution in [2.75, 3.05) is 5.32 Å². The lowest BCUT2D eigenvalue weighted by molar-refractivity contribution is -0.143. The number of imide groups is 1. The number of amides is 3. The Bertz CT molecular complexity index is 1130. The van der Waals surface area contributed by atoms with Crippen LogP contribution in [0.15, 0.2) is 42.5 Å². The normalized spacial score (nSPS) is 29.1. The molecule has 0 aromatic heterocycles. The molecule has 4 atom stereocenters. The molecule has 3 amide bonds. The minimum atomic E-state index is -1.33. The van der Waals surface area contributed by atoms with Gasteiger partial charge in [-0.05, 0) is 23.6 Å². The number of benzene rings is 2. The van der Waals surface area contributed by atoms with E-state index in [2.05, 4.69) is 10.6 Å². The lowest BCUT2D eigenvalue weighted by Crippen LogP contribution is -2.53. The standard InChI is InChI=1S/C23H21Cl2N3O3/c1-11(2)18-16-17(21(30)28(20(16)29)10-12-6-3-4-8-14(12)24)23(27-18)13-7-5-9-15(25)19(13)26-22(23)31/h3-9,11,16-18,27H,10H2,1-2H3,(H,26,31)/t16-,17-,18?,23?/m1/s1. The molecule has 2 aromatic rings. The molecule has 0 saturated carbocycles. The van der Waals surface area contributed by atoms with E-state index in [0.29, 0.717) is 26.9 Å². The van der Waals surface area contributed by atoms with Crippen molar-refractivity contribution in [2.45, 2.75) is 32.0 Å². The monoisotopic (exact) mass is 457 g/mol. The predicted molar refractivity (Wildman–Crippen MR) is 118 cm³/mol. The van der Waals surface area contributed by atoms with Gasteiger partial charge in [0.25, 0.3) is 0 Å². The van der Waals surface area contributed by atoms with Crippen LogP contribution in [0.5, 0.6) is 0 Å². The molecule has 2 N–H and O–H groups in total. The van der Waals surface area contributed by atoms with Crippen molar-refractivity contribution < 1.29 is 14.4 Å². The molecule has 3 aliphatic rings. The lowest BCUT2D eigenvalue weighted by Gasteiger charge is -2.30. The maximum absolute atomic E-state index is 13.7. The van der Waals surface area contributed by atoms with Gasteiger partial charge in [-0.1, -0.05) is 67.4 Å². The summed E-state index contributed by atoms with van der Waals surface area (Å²) >= 11 is 12.6. The maximum Gasteiger partial charge on any atom is 0.250 e. The molecule has 2 unspecified atom stereocenters. The number of fused-ring (bicyclic) bond motifs is 4. The van der Waals surface area contributed by atoms with E-state index in [4.69, 9.17) is 23.2 Å². The number of nitrogens with zero attached hydrogens (tertiary/aromatic N) is 1. The third-order valence-corrected chi connectivity index (χ3v) is 7.41. The van der Waals surface area contributed by atoms with Crippen LogP contribution in [0.4, 0.5) is 5.69 Å². The highest BCUT2D eigenvalue weighted by molar-refractivity contribution is 6.35. The van der Waals surface area contributed by atoms with Crippen molar-refractivity contribution in [1.29, 1.82) is 0 Å². The summed E-state index contributed by atoms with van der Waals surface area (Å²) in [5, 5.41) is 7.13. The van der Waals surface area contributed by atoms with Crippen LogP contribution < -0.4 is 10.6 Å². The molecule has 31 heavy (non-hydrogen) atoms. The molecule has 2 saturated heterocycles. The van der Waals surface area contributed by atoms with Gasteiger partial charge < -0.3 is 5.32 Å². The van der Waals surface area contributed by atoms with Crippen LogP contribution >= 0.6 is 23.2 Å². The summed E-state index contributed by atoms with van der Waals surface area (Å²) in [4.78, 5) is 41.8. The van der Waals surface area contributed by atoms with Gasteiger partial charge in [-0.15, -0.1) is 0 Å². The van der Waals surface area contributed by atoms with Crippen molar-refractivity contribution in [3.63, 3.8) is 0 Å². The first-order valence-corrected chi connectivity index (χ1v) is 11.0. The Kier molecular flexibility index (Phi) is 4.66. The largest absolute Gasteiger partial charge is 0.323 e. The summed E-state index contributed by atoms with van der Waals surface area (Å²) < 4.78 is 0. The van der Waals surface area contributed by atoms with Crippen molar-refractivity contribution in [2.24, 2.45) is 17.8 Å². The summed E-state index contributed by atoms with van der Waals surface area (Å²) in [6, 6.07) is 12.0. The van der Waals surface area contributed by atoms with Crippen LogP contribution in [0.3, 0.4) is 0 Å². The Labute approximate surface area is 189 Å². The van der Waals surface area contributed by atoms with Crippen LogP contribution in [0.2, 0.25) is 10.0 Å². The molecule has 1 spiro atoms. The molecule has 5 rings (SSSR count). The quantitative estimate of drug-likeness (QED) is 0.690. The molecule has 3 heterocycles. The second-order valence-corrected chi connectivity index (χ2v) is 9.51. The molecule has 0 bridgehead atoms. The molecule has 3 aliphatic heterocycles. The summed E-state index contributed by atoms with van der Waals surface area (Å²) in [5.74, 6) is -2.47. The first-order valence-electron chi connectivity index (χ1n) is 10.2. The number of para-hydroxylation sites is 1. The Morgan fingerprint density at radius 1 is 1.00 bits per heavy atom. The number of anilines is 1. The molecule has 2 fully saturated rings. The molecule has 8 heteroatoms. The van der Waals surface area contributed by atoms with E-state index >= 15 is 0 Å². The smallest absolute Gasteiger partial charge is 0.250 e. The third-order valence-electron chi connectivity index (χ3n) is 6.73. The number of rotatable bonds is 3. The average Bonchev–Trinajstić information content (AvgIpc) is 3.32. The van der Waals surface area contributed by atoms with Crippen molar-refractivity contribution in [3.8, 4) is 0 Å². The van der Waals surface area contributed by atoms with Gasteiger partial charge in [0, 0.05) is 16.6 Å². The molecule has 2 aromatic carbocycles.